The van der Waals surface area contributed by atoms with E-state index < -0.39 is 11.5 Å². The van der Waals surface area contributed by atoms with Crippen molar-refractivity contribution in [3.05, 3.63) is 23.8 Å². The van der Waals surface area contributed by atoms with E-state index in [-0.39, 0.29) is 23.6 Å². The quantitative estimate of drug-likeness (QED) is 0.635. The van der Waals surface area contributed by atoms with Crippen LogP contribution in [0.5, 0.6) is 11.5 Å². The predicted molar refractivity (Wildman–Crippen MR) is 74.7 cm³/mol. The minimum absolute atomic E-state index is 0.0115. The van der Waals surface area contributed by atoms with Crippen molar-refractivity contribution in [2.45, 2.75) is 38.2 Å². The van der Waals surface area contributed by atoms with Crippen LogP contribution in [-0.2, 0) is 0 Å². The maximum Gasteiger partial charge on any atom is 0.255 e. The Labute approximate surface area is 118 Å². The third kappa shape index (κ3) is 3.42. The molecule has 20 heavy (non-hydrogen) atoms. The summed E-state index contributed by atoms with van der Waals surface area (Å²) in [5.41, 5.74) is -0.864. The van der Waals surface area contributed by atoms with Gasteiger partial charge in [0.05, 0.1) is 11.2 Å². The highest BCUT2D eigenvalue weighted by atomic mass is 16.3. The highest BCUT2D eigenvalue weighted by Gasteiger charge is 2.33. The average molecular weight is 279 g/mol. The molecule has 1 aromatic carbocycles. The van der Waals surface area contributed by atoms with Crippen LogP contribution in [0.4, 0.5) is 0 Å². The molecular formula is C15H21NO4. The molecule has 5 nitrogen and oxygen atoms in total. The van der Waals surface area contributed by atoms with Crippen LogP contribution < -0.4 is 5.32 Å². The summed E-state index contributed by atoms with van der Waals surface area (Å²) in [6.07, 6.45) is 3.39. The number of carbonyl (C=O) groups excluding carboxylic acids is 1. The number of hydrogen-bond acceptors (Lipinski definition) is 4. The molecule has 0 bridgehead atoms. The highest BCUT2D eigenvalue weighted by molar-refractivity contribution is 5.97. The number of hydrogen-bond donors (Lipinski definition) is 4. The standard InChI is InChI=1S/C15H21NO4/c1-10-3-2-6-15(20,8-10)9-16-14(19)12-7-11(17)4-5-13(12)18/h4-5,7,10,17-18,20H,2-3,6,8-9H2,1H3,(H,16,19). The molecule has 0 saturated heterocycles. The van der Waals surface area contributed by atoms with E-state index in [1.807, 2.05) is 0 Å². The second-order valence-electron chi connectivity index (χ2n) is 5.81. The summed E-state index contributed by atoms with van der Waals surface area (Å²) in [4.78, 5) is 12.0. The first-order chi connectivity index (χ1) is 9.39. The molecule has 2 rings (SSSR count). The molecule has 1 aliphatic rings. The SMILES string of the molecule is CC1CCCC(O)(CNC(=O)c2cc(O)ccc2O)C1. The molecule has 5 heteroatoms. The average Bonchev–Trinajstić information content (AvgIpc) is 2.39. The molecule has 1 fully saturated rings. The largest absolute Gasteiger partial charge is 0.508 e. The summed E-state index contributed by atoms with van der Waals surface area (Å²) in [6, 6.07) is 3.78. The fourth-order valence-electron chi connectivity index (χ4n) is 2.84. The molecule has 1 aliphatic carbocycles. The maximum absolute atomic E-state index is 12.0. The topological polar surface area (TPSA) is 89.8 Å². The molecular weight excluding hydrogens is 258 g/mol. The van der Waals surface area contributed by atoms with Gasteiger partial charge < -0.3 is 20.6 Å². The van der Waals surface area contributed by atoms with Crippen LogP contribution in [0.25, 0.3) is 0 Å². The van der Waals surface area contributed by atoms with E-state index in [0.29, 0.717) is 18.8 Å². The Bertz CT molecular complexity index is 503. The van der Waals surface area contributed by atoms with Crippen LogP contribution in [-0.4, -0.2) is 33.4 Å². The fraction of sp³-hybridized carbons (Fsp3) is 0.533. The Morgan fingerprint density at radius 1 is 1.45 bits per heavy atom. The highest BCUT2D eigenvalue weighted by Crippen LogP contribution is 2.31. The summed E-state index contributed by atoms with van der Waals surface area (Å²) >= 11 is 0. The van der Waals surface area contributed by atoms with E-state index in [4.69, 9.17) is 0 Å². The Morgan fingerprint density at radius 2 is 2.20 bits per heavy atom. The zero-order chi connectivity index (χ0) is 14.8. The summed E-state index contributed by atoms with van der Waals surface area (Å²) < 4.78 is 0. The molecule has 1 aromatic rings. The maximum atomic E-state index is 12.0. The van der Waals surface area contributed by atoms with Crippen molar-refractivity contribution in [2.24, 2.45) is 5.92 Å². The predicted octanol–water partition coefficient (Wildman–Crippen LogP) is 1.77. The molecule has 110 valence electrons. The third-order valence-electron chi connectivity index (χ3n) is 3.87. The van der Waals surface area contributed by atoms with Gasteiger partial charge in [0.15, 0.2) is 0 Å². The lowest BCUT2D eigenvalue weighted by atomic mass is 9.79. The molecule has 2 atom stereocenters. The monoisotopic (exact) mass is 279 g/mol. The number of carbonyl (C=O) groups is 1. The minimum Gasteiger partial charge on any atom is -0.508 e. The van der Waals surface area contributed by atoms with Crippen molar-refractivity contribution in [1.29, 1.82) is 0 Å². The summed E-state index contributed by atoms with van der Waals surface area (Å²) in [5.74, 6) is -0.327. The number of phenols is 2. The van der Waals surface area contributed by atoms with Crippen LogP contribution in [0.2, 0.25) is 0 Å². The number of nitrogens with one attached hydrogen (secondary N) is 1. The van der Waals surface area contributed by atoms with Crippen molar-refractivity contribution in [3.63, 3.8) is 0 Å². The van der Waals surface area contributed by atoms with Crippen molar-refractivity contribution in [2.75, 3.05) is 6.54 Å². The Hall–Kier alpha value is -1.75. The van der Waals surface area contributed by atoms with Crippen molar-refractivity contribution in [3.8, 4) is 11.5 Å². The Morgan fingerprint density at radius 3 is 2.90 bits per heavy atom. The van der Waals surface area contributed by atoms with Crippen LogP contribution in [0, 0.1) is 5.92 Å². The van der Waals surface area contributed by atoms with Gasteiger partial charge in [-0.05, 0) is 37.0 Å². The van der Waals surface area contributed by atoms with Gasteiger partial charge in [-0.1, -0.05) is 19.8 Å². The number of aromatic hydroxyl groups is 2. The summed E-state index contributed by atoms with van der Waals surface area (Å²) in [7, 11) is 0. The molecule has 0 spiro atoms. The molecule has 1 amide bonds. The van der Waals surface area contributed by atoms with E-state index in [9.17, 15) is 20.1 Å². The Kier molecular flexibility index (Phi) is 4.18. The van der Waals surface area contributed by atoms with Gasteiger partial charge in [-0.15, -0.1) is 0 Å². The minimum atomic E-state index is -0.875. The van der Waals surface area contributed by atoms with E-state index in [1.165, 1.54) is 18.2 Å². The van der Waals surface area contributed by atoms with E-state index >= 15 is 0 Å². The van der Waals surface area contributed by atoms with Crippen LogP contribution in [0.3, 0.4) is 0 Å². The van der Waals surface area contributed by atoms with Crippen molar-refractivity contribution < 1.29 is 20.1 Å². The zero-order valence-electron chi connectivity index (χ0n) is 11.6. The van der Waals surface area contributed by atoms with Crippen LogP contribution in [0.15, 0.2) is 18.2 Å². The van der Waals surface area contributed by atoms with Crippen molar-refractivity contribution >= 4 is 5.91 Å². The normalized spacial score (nSPS) is 26.2. The van der Waals surface area contributed by atoms with Gasteiger partial charge >= 0.3 is 0 Å². The fourth-order valence-corrected chi connectivity index (χ4v) is 2.84. The lowest BCUT2D eigenvalue weighted by Gasteiger charge is -2.35. The van der Waals surface area contributed by atoms with E-state index in [0.717, 1.165) is 12.8 Å². The van der Waals surface area contributed by atoms with E-state index in [2.05, 4.69) is 12.2 Å². The second kappa shape index (κ2) is 5.71. The number of rotatable bonds is 3. The number of amides is 1. The van der Waals surface area contributed by atoms with Gasteiger partial charge in [0.1, 0.15) is 11.5 Å². The lowest BCUT2D eigenvalue weighted by molar-refractivity contribution is -0.0109. The summed E-state index contributed by atoms with van der Waals surface area (Å²) in [6.45, 7) is 2.25. The van der Waals surface area contributed by atoms with Crippen LogP contribution in [0.1, 0.15) is 43.0 Å². The first kappa shape index (κ1) is 14.7. The zero-order valence-corrected chi connectivity index (χ0v) is 11.6. The molecule has 0 aliphatic heterocycles. The molecule has 4 N–H and O–H groups in total. The van der Waals surface area contributed by atoms with Crippen LogP contribution >= 0.6 is 0 Å². The van der Waals surface area contributed by atoms with Gasteiger partial charge in [0.2, 0.25) is 0 Å². The van der Waals surface area contributed by atoms with Gasteiger partial charge in [0, 0.05) is 6.54 Å². The number of phenolic OH excluding ortho intramolecular Hbond substituents is 2. The number of aliphatic hydroxyl groups is 1. The molecule has 0 radical (unpaired) electrons. The third-order valence-corrected chi connectivity index (χ3v) is 3.87. The smallest absolute Gasteiger partial charge is 0.255 e. The summed E-state index contributed by atoms with van der Waals surface area (Å²) in [5, 5.41) is 32.0. The molecule has 1 saturated carbocycles. The van der Waals surface area contributed by atoms with Gasteiger partial charge in [-0.3, -0.25) is 4.79 Å². The van der Waals surface area contributed by atoms with Gasteiger partial charge in [0.25, 0.3) is 5.91 Å². The van der Waals surface area contributed by atoms with Gasteiger partial charge in [-0.2, -0.15) is 0 Å². The molecule has 0 aromatic heterocycles. The lowest BCUT2D eigenvalue weighted by Crippen LogP contribution is -2.45. The van der Waals surface area contributed by atoms with Crippen molar-refractivity contribution in [1.82, 2.24) is 5.32 Å². The molecule has 2 unspecified atom stereocenters. The second-order valence-corrected chi connectivity index (χ2v) is 5.81. The van der Waals surface area contributed by atoms with Gasteiger partial charge in [-0.25, -0.2) is 0 Å². The first-order valence-electron chi connectivity index (χ1n) is 6.92. The number of benzene rings is 1. The molecule has 0 heterocycles. The van der Waals surface area contributed by atoms with E-state index in [1.54, 1.807) is 0 Å². The Balaban J connectivity index is 1.99. The first-order valence-corrected chi connectivity index (χ1v) is 6.92.